The third-order valence-electron chi connectivity index (χ3n) is 3.89. The number of halogens is 1. The first-order chi connectivity index (χ1) is 13.0. The molecule has 0 spiro atoms. The smallest absolute Gasteiger partial charge is 0.331 e. The molecule has 0 aliphatic rings. The zero-order chi connectivity index (χ0) is 19.4. The monoisotopic (exact) mass is 428 g/mol. The number of benzene rings is 1. The number of methoxy groups -OCH3 is 1. The summed E-state index contributed by atoms with van der Waals surface area (Å²) in [6.45, 7) is 1.78. The molecule has 6 nitrogen and oxygen atoms in total. The maximum Gasteiger partial charge on any atom is 0.331 e. The summed E-state index contributed by atoms with van der Waals surface area (Å²) in [5.74, 6) is 0.103. The molecule has 0 bridgehead atoms. The van der Waals surface area contributed by atoms with Gasteiger partial charge in [-0.2, -0.15) is 0 Å². The largest absolute Gasteiger partial charge is 0.496 e. The zero-order valence-corrected chi connectivity index (χ0v) is 16.4. The topological polar surface area (TPSA) is 69.9 Å². The molecule has 7 heteroatoms. The summed E-state index contributed by atoms with van der Waals surface area (Å²) in [7, 11) is 1.56. The number of aryl methyl sites for hydroxylation is 1. The Labute approximate surface area is 164 Å². The number of ether oxygens (including phenoxy) is 2. The van der Waals surface area contributed by atoms with Crippen LogP contribution in [0.25, 0.3) is 11.7 Å². The second-order valence-corrected chi connectivity index (χ2v) is 6.71. The van der Waals surface area contributed by atoms with Gasteiger partial charge in [-0.15, -0.1) is 0 Å². The lowest BCUT2D eigenvalue weighted by molar-refractivity contribution is -0.139. The van der Waals surface area contributed by atoms with E-state index in [0.29, 0.717) is 17.1 Å². The quantitative estimate of drug-likeness (QED) is 0.459. The van der Waals surface area contributed by atoms with Gasteiger partial charge in [-0.25, -0.2) is 9.78 Å². The van der Waals surface area contributed by atoms with Gasteiger partial charge in [0.25, 0.3) is 5.56 Å². The average molecular weight is 429 g/mol. The van der Waals surface area contributed by atoms with Crippen molar-refractivity contribution in [2.45, 2.75) is 13.5 Å². The number of fused-ring (bicyclic) bond motifs is 1. The van der Waals surface area contributed by atoms with Crippen LogP contribution in [0.3, 0.4) is 0 Å². The normalized spacial score (nSPS) is 11.1. The predicted molar refractivity (Wildman–Crippen MR) is 106 cm³/mol. The Morgan fingerprint density at radius 2 is 2.11 bits per heavy atom. The van der Waals surface area contributed by atoms with Gasteiger partial charge in [0.2, 0.25) is 0 Å². The molecular formula is C20H17BrN2O4. The molecular weight excluding hydrogens is 412 g/mol. The van der Waals surface area contributed by atoms with Crippen molar-refractivity contribution in [2.75, 3.05) is 7.11 Å². The minimum absolute atomic E-state index is 0.0845. The van der Waals surface area contributed by atoms with Gasteiger partial charge >= 0.3 is 5.97 Å². The van der Waals surface area contributed by atoms with E-state index in [1.807, 2.05) is 25.1 Å². The van der Waals surface area contributed by atoms with Crippen LogP contribution in [0.1, 0.15) is 16.8 Å². The van der Waals surface area contributed by atoms with Gasteiger partial charge in [-0.05, 0) is 42.8 Å². The molecule has 1 aromatic carbocycles. The van der Waals surface area contributed by atoms with Crippen LogP contribution < -0.4 is 10.3 Å². The maximum absolute atomic E-state index is 12.2. The first kappa shape index (κ1) is 18.8. The van der Waals surface area contributed by atoms with E-state index in [4.69, 9.17) is 9.47 Å². The van der Waals surface area contributed by atoms with Gasteiger partial charge in [0.15, 0.2) is 0 Å². The molecule has 2 aromatic heterocycles. The first-order valence-corrected chi connectivity index (χ1v) is 8.93. The van der Waals surface area contributed by atoms with Crippen molar-refractivity contribution in [1.82, 2.24) is 9.38 Å². The number of nitrogens with zero attached hydrogens (tertiary/aromatic N) is 2. The fourth-order valence-electron chi connectivity index (χ4n) is 2.57. The molecule has 0 atom stereocenters. The minimum atomic E-state index is -0.538. The molecule has 3 aromatic rings. The molecule has 0 radical (unpaired) electrons. The molecule has 0 aliphatic carbocycles. The van der Waals surface area contributed by atoms with E-state index in [9.17, 15) is 9.59 Å². The number of aromatic nitrogens is 2. The highest BCUT2D eigenvalue weighted by Gasteiger charge is 2.07. The average Bonchev–Trinajstić information content (AvgIpc) is 2.65. The van der Waals surface area contributed by atoms with Gasteiger partial charge in [0.05, 0.1) is 12.8 Å². The summed E-state index contributed by atoms with van der Waals surface area (Å²) in [6, 6.07) is 10.5. The Balaban J connectivity index is 1.73. The molecule has 2 heterocycles. The van der Waals surface area contributed by atoms with Crippen LogP contribution in [0.2, 0.25) is 0 Å². The number of esters is 1. The van der Waals surface area contributed by atoms with Crippen molar-refractivity contribution in [2.24, 2.45) is 0 Å². The molecule has 0 amide bonds. The van der Waals surface area contributed by atoms with Gasteiger partial charge < -0.3 is 9.47 Å². The number of hydrogen-bond donors (Lipinski definition) is 0. The molecule has 0 N–H and O–H groups in total. The Morgan fingerprint density at radius 3 is 2.89 bits per heavy atom. The molecule has 3 rings (SSSR count). The maximum atomic E-state index is 12.2. The zero-order valence-electron chi connectivity index (χ0n) is 14.8. The van der Waals surface area contributed by atoms with Crippen LogP contribution in [0.5, 0.6) is 5.75 Å². The fourth-order valence-corrected chi connectivity index (χ4v) is 2.95. The van der Waals surface area contributed by atoms with Crippen molar-refractivity contribution in [3.8, 4) is 5.75 Å². The van der Waals surface area contributed by atoms with Crippen LogP contribution in [0.15, 0.2) is 57.9 Å². The van der Waals surface area contributed by atoms with E-state index >= 15 is 0 Å². The summed E-state index contributed by atoms with van der Waals surface area (Å²) in [5.41, 5.74) is 2.33. The summed E-state index contributed by atoms with van der Waals surface area (Å²) in [6.07, 6.45) is 4.57. The molecule has 27 heavy (non-hydrogen) atoms. The number of rotatable bonds is 5. The highest BCUT2D eigenvalue weighted by Crippen LogP contribution is 2.24. The number of pyridine rings is 1. The summed E-state index contributed by atoms with van der Waals surface area (Å²) >= 11 is 3.38. The van der Waals surface area contributed by atoms with E-state index < -0.39 is 5.97 Å². The summed E-state index contributed by atoms with van der Waals surface area (Å²) in [5, 5.41) is 0. The van der Waals surface area contributed by atoms with Crippen molar-refractivity contribution in [3.05, 3.63) is 80.3 Å². The van der Waals surface area contributed by atoms with E-state index in [1.54, 1.807) is 31.5 Å². The predicted octanol–water partition coefficient (Wildman–Crippen LogP) is 3.53. The molecule has 138 valence electrons. The van der Waals surface area contributed by atoms with Crippen LogP contribution in [-0.4, -0.2) is 22.5 Å². The third kappa shape index (κ3) is 4.43. The first-order valence-electron chi connectivity index (χ1n) is 8.14. The van der Waals surface area contributed by atoms with Crippen molar-refractivity contribution in [3.63, 3.8) is 0 Å². The SMILES string of the molecule is COc1ccc(Br)cc1/C=C/C(=O)OCc1cc(=O)n2cccc(C)c2n1. The molecule has 0 saturated heterocycles. The second kappa shape index (κ2) is 8.18. The lowest BCUT2D eigenvalue weighted by atomic mass is 10.2. The standard InChI is InChI=1S/C20H17BrN2O4/c1-13-4-3-9-23-18(24)11-16(22-20(13)23)12-27-19(25)8-5-14-10-15(21)6-7-17(14)26-2/h3-11H,12H2,1-2H3/b8-5+. The van der Waals surface area contributed by atoms with E-state index in [2.05, 4.69) is 20.9 Å². The lowest BCUT2D eigenvalue weighted by Gasteiger charge is -2.07. The molecule has 0 unspecified atom stereocenters. The second-order valence-electron chi connectivity index (χ2n) is 5.80. The third-order valence-corrected chi connectivity index (χ3v) is 4.39. The number of hydrogen-bond acceptors (Lipinski definition) is 5. The minimum Gasteiger partial charge on any atom is -0.496 e. The Morgan fingerprint density at radius 1 is 1.30 bits per heavy atom. The summed E-state index contributed by atoms with van der Waals surface area (Å²) < 4.78 is 12.8. The fraction of sp³-hybridized carbons (Fsp3) is 0.150. The highest BCUT2D eigenvalue weighted by molar-refractivity contribution is 9.10. The van der Waals surface area contributed by atoms with Crippen molar-refractivity contribution in [1.29, 1.82) is 0 Å². The molecule has 0 fully saturated rings. The van der Waals surface area contributed by atoms with Gasteiger partial charge in [-0.1, -0.05) is 22.0 Å². The van der Waals surface area contributed by atoms with Crippen molar-refractivity contribution < 1.29 is 14.3 Å². The van der Waals surface area contributed by atoms with Gasteiger partial charge in [0.1, 0.15) is 18.0 Å². The Kier molecular flexibility index (Phi) is 5.71. The van der Waals surface area contributed by atoms with E-state index in [-0.39, 0.29) is 12.2 Å². The molecule has 0 aliphatic heterocycles. The lowest BCUT2D eigenvalue weighted by Crippen LogP contribution is -2.17. The van der Waals surface area contributed by atoms with Crippen LogP contribution in [-0.2, 0) is 16.1 Å². The summed E-state index contributed by atoms with van der Waals surface area (Å²) in [4.78, 5) is 28.6. The Bertz CT molecular complexity index is 1090. The van der Waals surface area contributed by atoms with Crippen LogP contribution in [0.4, 0.5) is 0 Å². The van der Waals surface area contributed by atoms with Crippen LogP contribution in [0, 0.1) is 6.92 Å². The van der Waals surface area contributed by atoms with E-state index in [0.717, 1.165) is 15.6 Å². The van der Waals surface area contributed by atoms with Crippen LogP contribution >= 0.6 is 15.9 Å². The van der Waals surface area contributed by atoms with E-state index in [1.165, 1.54) is 16.5 Å². The highest BCUT2D eigenvalue weighted by atomic mass is 79.9. The number of carbonyl (C=O) groups is 1. The van der Waals surface area contributed by atoms with Gasteiger partial charge in [-0.3, -0.25) is 9.20 Å². The molecule has 0 saturated carbocycles. The number of carbonyl (C=O) groups excluding carboxylic acids is 1. The van der Waals surface area contributed by atoms with Gasteiger partial charge in [0, 0.05) is 28.4 Å². The van der Waals surface area contributed by atoms with Crippen molar-refractivity contribution >= 4 is 33.6 Å². The Hall–Kier alpha value is -2.93.